The zero-order valence-corrected chi connectivity index (χ0v) is 16.1. The van der Waals surface area contributed by atoms with Crippen LogP contribution in [0.25, 0.3) is 11.4 Å². The van der Waals surface area contributed by atoms with E-state index in [0.29, 0.717) is 0 Å². The van der Waals surface area contributed by atoms with E-state index in [-0.39, 0.29) is 11.2 Å². The molecule has 1 aliphatic rings. The Hall–Kier alpha value is -1.82. The zero-order valence-electron chi connectivity index (χ0n) is 15.2. The lowest BCUT2D eigenvalue weighted by atomic mass is 10.1. The number of carbonyl (C=O) groups excluding carboxylic acids is 1. The molecule has 1 aliphatic heterocycles. The molecule has 3 rings (SSSR count). The Kier molecular flexibility index (Phi) is 5.78. The maximum Gasteiger partial charge on any atom is 0.235 e. The van der Waals surface area contributed by atoms with E-state index in [1.54, 1.807) is 0 Å². The van der Waals surface area contributed by atoms with Crippen LogP contribution in [0.4, 0.5) is 0 Å². The summed E-state index contributed by atoms with van der Waals surface area (Å²) in [5.74, 6) is 1.05. The molecule has 1 amide bonds. The lowest BCUT2D eigenvalue weighted by molar-refractivity contribution is -0.130. The summed E-state index contributed by atoms with van der Waals surface area (Å²) in [4.78, 5) is 14.7. The molecule has 2 heterocycles. The number of thioether (sulfide) groups is 1. The number of aromatic nitrogens is 3. The normalized spacial score (nSPS) is 16.5. The van der Waals surface area contributed by atoms with Crippen molar-refractivity contribution < 1.29 is 4.79 Å². The molecule has 0 aliphatic carbocycles. The molecule has 6 heteroatoms. The molecule has 0 saturated carbocycles. The van der Waals surface area contributed by atoms with Gasteiger partial charge in [-0.3, -0.25) is 4.79 Å². The second kappa shape index (κ2) is 8.04. The lowest BCUT2D eigenvalue weighted by Gasteiger charge is -2.23. The van der Waals surface area contributed by atoms with Crippen LogP contribution in [-0.2, 0) is 11.8 Å². The Labute approximate surface area is 153 Å². The summed E-state index contributed by atoms with van der Waals surface area (Å²) in [6.07, 6.45) is 4.69. The molecule has 0 bridgehead atoms. The average Bonchev–Trinajstić information content (AvgIpc) is 2.82. The number of hydrogen-bond donors (Lipinski definition) is 0. The third-order valence-electron chi connectivity index (χ3n) is 4.69. The first-order valence-corrected chi connectivity index (χ1v) is 9.86. The van der Waals surface area contributed by atoms with Crippen molar-refractivity contribution >= 4 is 17.7 Å². The summed E-state index contributed by atoms with van der Waals surface area (Å²) in [5, 5.41) is 9.27. The van der Waals surface area contributed by atoms with E-state index in [4.69, 9.17) is 0 Å². The fourth-order valence-electron chi connectivity index (χ4n) is 3.13. The second-order valence-electron chi connectivity index (χ2n) is 6.73. The number of carbonyl (C=O) groups is 1. The molecule has 0 N–H and O–H groups in total. The first kappa shape index (κ1) is 18.0. The Balaban J connectivity index is 1.70. The number of hydrogen-bond acceptors (Lipinski definition) is 4. The van der Waals surface area contributed by atoms with Gasteiger partial charge in [-0.25, -0.2) is 0 Å². The van der Waals surface area contributed by atoms with Crippen LogP contribution in [0.2, 0.25) is 0 Å². The molecule has 2 aromatic rings. The predicted octanol–water partition coefficient (Wildman–Crippen LogP) is 3.67. The fourth-order valence-corrected chi connectivity index (χ4v) is 4.03. The summed E-state index contributed by atoms with van der Waals surface area (Å²) in [7, 11) is 1.96. The molecular formula is C19H26N4OS. The highest BCUT2D eigenvalue weighted by Gasteiger charge is 2.24. The summed E-state index contributed by atoms with van der Waals surface area (Å²) in [6.45, 7) is 5.81. The van der Waals surface area contributed by atoms with Gasteiger partial charge in [-0.05, 0) is 26.7 Å². The smallest absolute Gasteiger partial charge is 0.235 e. The molecular weight excluding hydrogens is 332 g/mol. The molecule has 1 aromatic heterocycles. The van der Waals surface area contributed by atoms with Gasteiger partial charge in [0.25, 0.3) is 0 Å². The number of aryl methyl sites for hydroxylation is 1. The van der Waals surface area contributed by atoms with Crippen LogP contribution in [0.15, 0.2) is 29.4 Å². The van der Waals surface area contributed by atoms with E-state index in [1.807, 2.05) is 23.4 Å². The van der Waals surface area contributed by atoms with Crippen molar-refractivity contribution in [1.82, 2.24) is 19.7 Å². The van der Waals surface area contributed by atoms with Gasteiger partial charge in [0.2, 0.25) is 5.91 Å². The second-order valence-corrected chi connectivity index (χ2v) is 8.04. The van der Waals surface area contributed by atoms with E-state index in [0.717, 1.165) is 42.5 Å². The van der Waals surface area contributed by atoms with E-state index in [2.05, 4.69) is 41.4 Å². The van der Waals surface area contributed by atoms with Crippen molar-refractivity contribution in [3.8, 4) is 11.4 Å². The minimum atomic E-state index is -0.146. The summed E-state index contributed by atoms with van der Waals surface area (Å²) in [5.41, 5.74) is 2.26. The highest BCUT2D eigenvalue weighted by atomic mass is 32.2. The minimum Gasteiger partial charge on any atom is -0.342 e. The maximum absolute atomic E-state index is 12.7. The molecule has 5 nitrogen and oxygen atoms in total. The number of nitrogens with zero attached hydrogens (tertiary/aromatic N) is 4. The van der Waals surface area contributed by atoms with Gasteiger partial charge in [0.05, 0.1) is 5.25 Å². The Morgan fingerprint density at radius 2 is 1.72 bits per heavy atom. The van der Waals surface area contributed by atoms with Crippen molar-refractivity contribution in [2.75, 3.05) is 13.1 Å². The van der Waals surface area contributed by atoms with Crippen molar-refractivity contribution in [3.63, 3.8) is 0 Å². The first-order chi connectivity index (χ1) is 12.1. The Bertz CT molecular complexity index is 718. The van der Waals surface area contributed by atoms with Crippen LogP contribution in [0.1, 0.15) is 38.2 Å². The van der Waals surface area contributed by atoms with E-state index in [1.165, 1.54) is 30.2 Å². The Morgan fingerprint density at radius 1 is 1.08 bits per heavy atom. The molecule has 1 saturated heterocycles. The molecule has 25 heavy (non-hydrogen) atoms. The first-order valence-electron chi connectivity index (χ1n) is 8.98. The van der Waals surface area contributed by atoms with Gasteiger partial charge in [0, 0.05) is 25.7 Å². The maximum atomic E-state index is 12.7. The number of amides is 1. The van der Waals surface area contributed by atoms with Gasteiger partial charge in [-0.2, -0.15) is 0 Å². The van der Waals surface area contributed by atoms with Crippen molar-refractivity contribution in [3.05, 3.63) is 29.8 Å². The molecule has 1 atom stereocenters. The van der Waals surface area contributed by atoms with Gasteiger partial charge in [0.15, 0.2) is 11.0 Å². The van der Waals surface area contributed by atoms with Gasteiger partial charge in [0.1, 0.15) is 0 Å². The van der Waals surface area contributed by atoms with Crippen LogP contribution in [0.5, 0.6) is 0 Å². The summed E-state index contributed by atoms with van der Waals surface area (Å²) < 4.78 is 1.97. The summed E-state index contributed by atoms with van der Waals surface area (Å²) >= 11 is 1.50. The minimum absolute atomic E-state index is 0.146. The molecule has 1 fully saturated rings. The molecule has 134 valence electrons. The van der Waals surface area contributed by atoms with E-state index in [9.17, 15) is 4.79 Å². The van der Waals surface area contributed by atoms with Crippen LogP contribution in [0, 0.1) is 6.92 Å². The molecule has 0 spiro atoms. The number of rotatable bonds is 4. The van der Waals surface area contributed by atoms with Crippen LogP contribution in [0.3, 0.4) is 0 Å². The standard InChI is InChI=1S/C19H26N4OS/c1-14-8-10-16(11-9-14)17-20-21-19(22(17)3)25-15(2)18(24)23-12-6-4-5-7-13-23/h8-11,15H,4-7,12-13H2,1-3H3. The average molecular weight is 359 g/mol. The fraction of sp³-hybridized carbons (Fsp3) is 0.526. The predicted molar refractivity (Wildman–Crippen MR) is 102 cm³/mol. The van der Waals surface area contributed by atoms with Crippen LogP contribution >= 0.6 is 11.8 Å². The van der Waals surface area contributed by atoms with Crippen LogP contribution in [-0.4, -0.2) is 43.9 Å². The van der Waals surface area contributed by atoms with E-state index < -0.39 is 0 Å². The molecule has 1 unspecified atom stereocenters. The van der Waals surface area contributed by atoms with Crippen LogP contribution < -0.4 is 0 Å². The Morgan fingerprint density at radius 3 is 2.36 bits per heavy atom. The van der Waals surface area contributed by atoms with Gasteiger partial charge in [-0.15, -0.1) is 10.2 Å². The third-order valence-corrected chi connectivity index (χ3v) is 5.81. The third kappa shape index (κ3) is 4.24. The van der Waals surface area contributed by atoms with Crippen molar-refractivity contribution in [1.29, 1.82) is 0 Å². The quantitative estimate of drug-likeness (QED) is 0.783. The number of likely N-dealkylation sites (tertiary alicyclic amines) is 1. The highest BCUT2D eigenvalue weighted by Crippen LogP contribution is 2.27. The highest BCUT2D eigenvalue weighted by molar-refractivity contribution is 8.00. The zero-order chi connectivity index (χ0) is 17.8. The van der Waals surface area contributed by atoms with Gasteiger partial charge in [-0.1, -0.05) is 54.4 Å². The van der Waals surface area contributed by atoms with Crippen molar-refractivity contribution in [2.24, 2.45) is 7.05 Å². The van der Waals surface area contributed by atoms with Gasteiger partial charge < -0.3 is 9.47 Å². The SMILES string of the molecule is Cc1ccc(-c2nnc(SC(C)C(=O)N3CCCCCC3)n2C)cc1. The van der Waals surface area contributed by atoms with E-state index >= 15 is 0 Å². The molecule has 1 aromatic carbocycles. The monoisotopic (exact) mass is 358 g/mol. The largest absolute Gasteiger partial charge is 0.342 e. The van der Waals surface area contributed by atoms with Crippen molar-refractivity contribution in [2.45, 2.75) is 49.9 Å². The lowest BCUT2D eigenvalue weighted by Crippen LogP contribution is -2.37. The topological polar surface area (TPSA) is 51.0 Å². The summed E-state index contributed by atoms with van der Waals surface area (Å²) in [6, 6.07) is 8.25. The van der Waals surface area contributed by atoms with Gasteiger partial charge >= 0.3 is 0 Å². The molecule has 0 radical (unpaired) electrons. The number of benzene rings is 1.